The smallest absolute Gasteiger partial charge is 0.327 e. The van der Waals surface area contributed by atoms with E-state index in [0.29, 0.717) is 46.7 Å². The standard InChI is InChI=1S/C25H25N7O3/c1-5-20-28-21-22(32(20)6-2)29-25(35-19-12-15(14-26)10-11-18(19)27)30-23(21)34-17-9-7-8-16(13-17)24(33)31(3)4/h7-13H,5-6,27H2,1-4H3. The summed E-state index contributed by atoms with van der Waals surface area (Å²) in [5.41, 5.74) is 8.26. The van der Waals surface area contributed by atoms with Crippen molar-refractivity contribution in [3.05, 3.63) is 59.4 Å². The van der Waals surface area contributed by atoms with E-state index in [1.165, 1.54) is 11.0 Å². The molecule has 0 unspecified atom stereocenters. The van der Waals surface area contributed by atoms with E-state index < -0.39 is 0 Å². The molecule has 0 aliphatic heterocycles. The van der Waals surface area contributed by atoms with E-state index in [1.807, 2.05) is 18.4 Å². The number of nitrogen functional groups attached to an aromatic ring is 1. The number of hydrogen-bond acceptors (Lipinski definition) is 8. The number of amides is 1. The quantitative estimate of drug-likeness (QED) is 0.398. The summed E-state index contributed by atoms with van der Waals surface area (Å²) < 4.78 is 14.0. The van der Waals surface area contributed by atoms with Gasteiger partial charge >= 0.3 is 6.01 Å². The van der Waals surface area contributed by atoms with Crippen LogP contribution in [0, 0.1) is 11.3 Å². The number of fused-ring (bicyclic) bond motifs is 1. The molecule has 0 bridgehead atoms. The van der Waals surface area contributed by atoms with Gasteiger partial charge in [-0.05, 0) is 37.3 Å². The van der Waals surface area contributed by atoms with Crippen LogP contribution in [0.15, 0.2) is 42.5 Å². The lowest BCUT2D eigenvalue weighted by Gasteiger charge is -2.12. The number of rotatable bonds is 7. The highest BCUT2D eigenvalue weighted by Gasteiger charge is 2.20. The second-order valence-electron chi connectivity index (χ2n) is 7.91. The Balaban J connectivity index is 1.82. The maximum Gasteiger partial charge on any atom is 0.327 e. The van der Waals surface area contributed by atoms with Crippen LogP contribution in [0.4, 0.5) is 5.69 Å². The molecule has 0 radical (unpaired) electrons. The molecule has 2 aromatic carbocycles. The van der Waals surface area contributed by atoms with Crippen LogP contribution in [0.5, 0.6) is 23.4 Å². The molecule has 0 saturated heterocycles. The minimum absolute atomic E-state index is 0.00735. The van der Waals surface area contributed by atoms with Crippen molar-refractivity contribution in [2.24, 2.45) is 0 Å². The van der Waals surface area contributed by atoms with Crippen LogP contribution in [-0.4, -0.2) is 44.4 Å². The number of ether oxygens (including phenoxy) is 2. The van der Waals surface area contributed by atoms with Crippen molar-refractivity contribution in [1.29, 1.82) is 5.26 Å². The predicted molar refractivity (Wildman–Crippen MR) is 131 cm³/mol. The normalized spacial score (nSPS) is 10.7. The maximum atomic E-state index is 12.4. The van der Waals surface area contributed by atoms with Crippen LogP contribution in [0.3, 0.4) is 0 Å². The Labute approximate surface area is 202 Å². The Morgan fingerprint density at radius 1 is 1.11 bits per heavy atom. The van der Waals surface area contributed by atoms with Crippen molar-refractivity contribution in [3.8, 4) is 29.5 Å². The minimum atomic E-state index is -0.149. The molecule has 4 rings (SSSR count). The molecule has 0 fully saturated rings. The summed E-state index contributed by atoms with van der Waals surface area (Å²) in [7, 11) is 3.37. The largest absolute Gasteiger partial charge is 0.437 e. The van der Waals surface area contributed by atoms with E-state index in [1.54, 1.807) is 50.5 Å². The topological polar surface area (TPSA) is 132 Å². The van der Waals surface area contributed by atoms with Gasteiger partial charge in [0.2, 0.25) is 0 Å². The number of imidazole rings is 1. The van der Waals surface area contributed by atoms with Gasteiger partial charge in [-0.1, -0.05) is 13.0 Å². The zero-order valence-electron chi connectivity index (χ0n) is 19.9. The maximum absolute atomic E-state index is 12.4. The first-order chi connectivity index (χ1) is 16.8. The van der Waals surface area contributed by atoms with Crippen LogP contribution in [0.1, 0.15) is 35.6 Å². The van der Waals surface area contributed by atoms with Gasteiger partial charge in [-0.2, -0.15) is 15.2 Å². The molecule has 0 saturated carbocycles. The van der Waals surface area contributed by atoms with E-state index in [9.17, 15) is 10.1 Å². The molecule has 178 valence electrons. The molecule has 0 aliphatic rings. The summed E-state index contributed by atoms with van der Waals surface area (Å²) >= 11 is 0. The lowest BCUT2D eigenvalue weighted by Crippen LogP contribution is -2.21. The molecule has 2 aromatic heterocycles. The Kier molecular flexibility index (Phi) is 6.51. The van der Waals surface area contributed by atoms with Crippen LogP contribution in [0.2, 0.25) is 0 Å². The fraction of sp³-hybridized carbons (Fsp3) is 0.240. The highest BCUT2D eigenvalue weighted by molar-refractivity contribution is 5.94. The number of hydrogen-bond donors (Lipinski definition) is 1. The molecular formula is C25H25N7O3. The van der Waals surface area contributed by atoms with Gasteiger partial charge in [0.05, 0.1) is 17.3 Å². The molecule has 10 heteroatoms. The first-order valence-electron chi connectivity index (χ1n) is 11.1. The molecule has 2 N–H and O–H groups in total. The van der Waals surface area contributed by atoms with Gasteiger partial charge in [0.1, 0.15) is 11.6 Å². The van der Waals surface area contributed by atoms with Crippen molar-refractivity contribution in [3.63, 3.8) is 0 Å². The molecule has 4 aromatic rings. The molecule has 1 amide bonds. The van der Waals surface area contributed by atoms with Gasteiger partial charge < -0.3 is 24.7 Å². The van der Waals surface area contributed by atoms with Crippen LogP contribution < -0.4 is 15.2 Å². The van der Waals surface area contributed by atoms with Gasteiger partial charge in [0, 0.05) is 38.7 Å². The third kappa shape index (κ3) is 4.70. The lowest BCUT2D eigenvalue weighted by molar-refractivity contribution is 0.0827. The van der Waals surface area contributed by atoms with Crippen LogP contribution >= 0.6 is 0 Å². The van der Waals surface area contributed by atoms with Crippen LogP contribution in [0.25, 0.3) is 11.2 Å². The zero-order valence-corrected chi connectivity index (χ0v) is 19.9. The molecule has 0 spiro atoms. The highest BCUT2D eigenvalue weighted by atomic mass is 16.5. The molecule has 35 heavy (non-hydrogen) atoms. The molecule has 2 heterocycles. The number of carbonyl (C=O) groups is 1. The fourth-order valence-electron chi connectivity index (χ4n) is 3.57. The number of anilines is 1. The van der Waals surface area contributed by atoms with Crippen molar-refractivity contribution < 1.29 is 14.3 Å². The monoisotopic (exact) mass is 471 g/mol. The Hall–Kier alpha value is -4.65. The predicted octanol–water partition coefficient (Wildman–Crippen LogP) is 4.15. The Morgan fingerprint density at radius 3 is 2.60 bits per heavy atom. The van der Waals surface area contributed by atoms with Crippen molar-refractivity contribution in [1.82, 2.24) is 24.4 Å². The number of aromatic nitrogens is 4. The summed E-state index contributed by atoms with van der Waals surface area (Å²) in [4.78, 5) is 27.6. The van der Waals surface area contributed by atoms with E-state index in [4.69, 9.17) is 20.2 Å². The van der Waals surface area contributed by atoms with Gasteiger partial charge in [-0.25, -0.2) is 4.98 Å². The summed E-state index contributed by atoms with van der Waals surface area (Å²) in [5, 5.41) is 9.23. The van der Waals surface area contributed by atoms with Crippen molar-refractivity contribution in [2.75, 3.05) is 19.8 Å². The second kappa shape index (κ2) is 9.69. The lowest BCUT2D eigenvalue weighted by atomic mass is 10.2. The van der Waals surface area contributed by atoms with E-state index in [-0.39, 0.29) is 23.5 Å². The summed E-state index contributed by atoms with van der Waals surface area (Å²) in [5.74, 6) is 1.52. The second-order valence-corrected chi connectivity index (χ2v) is 7.91. The Bertz CT molecular complexity index is 1450. The van der Waals surface area contributed by atoms with Crippen LogP contribution in [-0.2, 0) is 13.0 Å². The number of carbonyl (C=O) groups excluding carboxylic acids is 1. The van der Waals surface area contributed by atoms with E-state index in [2.05, 4.69) is 16.0 Å². The first-order valence-corrected chi connectivity index (χ1v) is 11.1. The van der Waals surface area contributed by atoms with Gasteiger partial charge in [-0.3, -0.25) is 4.79 Å². The number of aryl methyl sites for hydroxylation is 2. The highest BCUT2D eigenvalue weighted by Crippen LogP contribution is 2.33. The SMILES string of the molecule is CCc1nc2c(Oc3cccc(C(=O)N(C)C)c3)nc(Oc3cc(C#N)ccc3N)nc2n1CC. The fourth-order valence-corrected chi connectivity index (χ4v) is 3.57. The molecular weight excluding hydrogens is 446 g/mol. The minimum Gasteiger partial charge on any atom is -0.437 e. The average Bonchev–Trinajstić information content (AvgIpc) is 3.23. The first kappa shape index (κ1) is 23.5. The average molecular weight is 472 g/mol. The number of nitrogens with zero attached hydrogens (tertiary/aromatic N) is 6. The van der Waals surface area contributed by atoms with Gasteiger partial charge in [0.25, 0.3) is 11.8 Å². The molecule has 0 atom stereocenters. The number of nitrogens with two attached hydrogens (primary N) is 1. The van der Waals surface area contributed by atoms with E-state index in [0.717, 1.165) is 5.82 Å². The van der Waals surface area contributed by atoms with Gasteiger partial charge in [0.15, 0.2) is 16.9 Å². The third-order valence-electron chi connectivity index (χ3n) is 5.30. The Morgan fingerprint density at radius 2 is 1.91 bits per heavy atom. The summed E-state index contributed by atoms with van der Waals surface area (Å²) in [6, 6.07) is 13.6. The number of benzene rings is 2. The zero-order chi connectivity index (χ0) is 25.1. The van der Waals surface area contributed by atoms with E-state index >= 15 is 0 Å². The summed E-state index contributed by atoms with van der Waals surface area (Å²) in [6.45, 7) is 4.63. The van der Waals surface area contributed by atoms with Gasteiger partial charge in [-0.15, -0.1) is 0 Å². The number of nitriles is 1. The summed E-state index contributed by atoms with van der Waals surface area (Å²) in [6.07, 6.45) is 0.684. The van der Waals surface area contributed by atoms with Crippen molar-refractivity contribution in [2.45, 2.75) is 26.8 Å². The van der Waals surface area contributed by atoms with Crippen molar-refractivity contribution >= 4 is 22.8 Å². The molecule has 10 nitrogen and oxygen atoms in total. The molecule has 0 aliphatic carbocycles. The third-order valence-corrected chi connectivity index (χ3v) is 5.30.